The van der Waals surface area contributed by atoms with Crippen molar-refractivity contribution >= 4 is 16.8 Å². The lowest BCUT2D eigenvalue weighted by atomic mass is 10.0. The van der Waals surface area contributed by atoms with Gasteiger partial charge in [-0.25, -0.2) is 13.8 Å². The fourth-order valence-electron chi connectivity index (χ4n) is 4.46. The largest absolute Gasteiger partial charge is 0.491 e. The Morgan fingerprint density at radius 1 is 0.907 bits per heavy atom. The molecule has 0 amide bonds. The van der Waals surface area contributed by atoms with E-state index < -0.39 is 23.0 Å². The van der Waals surface area contributed by atoms with Crippen LogP contribution in [0, 0.1) is 18.6 Å². The summed E-state index contributed by atoms with van der Waals surface area (Å²) in [5.74, 6) is -0.951. The van der Waals surface area contributed by atoms with Crippen LogP contribution in [0.5, 0.6) is 23.1 Å². The van der Waals surface area contributed by atoms with Crippen LogP contribution < -0.4 is 19.8 Å². The van der Waals surface area contributed by atoms with E-state index in [4.69, 9.17) is 18.9 Å². The highest BCUT2D eigenvalue weighted by Gasteiger charge is 2.18. The van der Waals surface area contributed by atoms with Crippen molar-refractivity contribution in [3.05, 3.63) is 112 Å². The summed E-state index contributed by atoms with van der Waals surface area (Å²) in [4.78, 5) is 35.1. The van der Waals surface area contributed by atoms with E-state index in [1.807, 2.05) is 0 Å². The van der Waals surface area contributed by atoms with Gasteiger partial charge in [-0.1, -0.05) is 6.07 Å². The van der Waals surface area contributed by atoms with Gasteiger partial charge in [0.1, 0.15) is 17.9 Å². The molecular formula is C32H27F2N3O6. The number of fused-ring (bicyclic) bond motifs is 1. The summed E-state index contributed by atoms with van der Waals surface area (Å²) in [6, 6.07) is 15.8. The second kappa shape index (κ2) is 12.8. The number of aryl methyl sites for hydroxylation is 1. The molecule has 43 heavy (non-hydrogen) atoms. The van der Waals surface area contributed by atoms with Gasteiger partial charge in [0, 0.05) is 43.2 Å². The number of methoxy groups -OCH3 is 2. The van der Waals surface area contributed by atoms with Gasteiger partial charge < -0.3 is 18.9 Å². The average Bonchev–Trinajstić information content (AvgIpc) is 2.99. The van der Waals surface area contributed by atoms with Crippen molar-refractivity contribution in [1.29, 1.82) is 0 Å². The number of ketones is 1. The fraction of sp³-hybridized carbons (Fsp3) is 0.188. The van der Waals surface area contributed by atoms with Gasteiger partial charge in [0.15, 0.2) is 28.8 Å². The zero-order chi connectivity index (χ0) is 30.5. The molecule has 0 aliphatic rings. The first kappa shape index (κ1) is 29.3. The van der Waals surface area contributed by atoms with Crippen LogP contribution in [0.25, 0.3) is 16.7 Å². The Labute approximate surface area is 245 Å². The fourth-order valence-corrected chi connectivity index (χ4v) is 4.46. The molecule has 0 radical (unpaired) electrons. The minimum absolute atomic E-state index is 0.0658. The summed E-state index contributed by atoms with van der Waals surface area (Å²) in [5.41, 5.74) is 1.51. The molecule has 0 unspecified atom stereocenters. The number of benzene rings is 2. The number of nitrogens with zero attached hydrogens (tertiary/aromatic N) is 3. The molecule has 11 heteroatoms. The summed E-state index contributed by atoms with van der Waals surface area (Å²) in [6.45, 7) is 2.29. The van der Waals surface area contributed by atoms with Crippen LogP contribution in [0.4, 0.5) is 8.78 Å². The van der Waals surface area contributed by atoms with Gasteiger partial charge in [-0.2, -0.15) is 0 Å². The van der Waals surface area contributed by atoms with Crippen LogP contribution >= 0.6 is 0 Å². The van der Waals surface area contributed by atoms with Crippen molar-refractivity contribution < 1.29 is 32.5 Å². The van der Waals surface area contributed by atoms with Gasteiger partial charge in [0.05, 0.1) is 24.8 Å². The third kappa shape index (κ3) is 6.36. The first-order valence-corrected chi connectivity index (χ1v) is 13.2. The van der Waals surface area contributed by atoms with Crippen LogP contribution in [0.2, 0.25) is 0 Å². The summed E-state index contributed by atoms with van der Waals surface area (Å²) < 4.78 is 51.8. The summed E-state index contributed by atoms with van der Waals surface area (Å²) in [6.07, 6.45) is 1.27. The maximum Gasteiger partial charge on any atom is 0.266 e. The molecule has 5 rings (SSSR count). The first-order chi connectivity index (χ1) is 20.8. The number of hydrogen-bond acceptors (Lipinski definition) is 8. The van der Waals surface area contributed by atoms with Crippen LogP contribution in [-0.2, 0) is 11.2 Å². The van der Waals surface area contributed by atoms with Crippen molar-refractivity contribution in [3.63, 3.8) is 0 Å². The van der Waals surface area contributed by atoms with Crippen LogP contribution in [-0.4, -0.2) is 47.8 Å². The quantitative estimate of drug-likeness (QED) is 0.145. The molecule has 2 aromatic carbocycles. The van der Waals surface area contributed by atoms with E-state index in [1.165, 1.54) is 60.3 Å². The van der Waals surface area contributed by atoms with Gasteiger partial charge in [0.2, 0.25) is 0 Å². The van der Waals surface area contributed by atoms with Gasteiger partial charge in [0.25, 0.3) is 11.4 Å². The average molecular weight is 588 g/mol. The number of Topliss-reactive ketones (excluding diaryl/α,β-unsaturated/α-hetero) is 1. The highest BCUT2D eigenvalue weighted by molar-refractivity contribution is 5.97. The van der Waals surface area contributed by atoms with Gasteiger partial charge in [-0.15, -0.1) is 0 Å². The third-order valence-electron chi connectivity index (χ3n) is 6.60. The number of ether oxygens (including phenoxy) is 4. The Balaban J connectivity index is 1.38. The number of halogens is 2. The van der Waals surface area contributed by atoms with E-state index in [2.05, 4.69) is 9.97 Å². The molecule has 3 aromatic heterocycles. The van der Waals surface area contributed by atoms with Crippen LogP contribution in [0.1, 0.15) is 21.6 Å². The predicted molar refractivity (Wildman–Crippen MR) is 155 cm³/mol. The molecule has 0 saturated carbocycles. The highest BCUT2D eigenvalue weighted by Crippen LogP contribution is 2.35. The van der Waals surface area contributed by atoms with Crippen molar-refractivity contribution in [3.8, 4) is 28.8 Å². The van der Waals surface area contributed by atoms with Gasteiger partial charge in [-0.05, 0) is 61.0 Å². The number of carbonyl (C=O) groups excluding carboxylic acids is 1. The predicted octanol–water partition coefficient (Wildman–Crippen LogP) is 5.62. The van der Waals surface area contributed by atoms with E-state index in [9.17, 15) is 14.0 Å². The first-order valence-electron chi connectivity index (χ1n) is 13.2. The number of hydrogen-bond donors (Lipinski definition) is 0. The summed E-state index contributed by atoms with van der Waals surface area (Å²) >= 11 is 0. The normalized spacial score (nSPS) is 11.0. The van der Waals surface area contributed by atoms with E-state index in [0.29, 0.717) is 40.3 Å². The standard InChI is InChI=1S/C32H27F2N3O6/c1-19-4-10-23(32(39)37(19)22-8-6-21(33)7-9-22)26(38)17-20-5-11-27(24(34)16-20)43-28-12-13-35-25-18-29(41-3)31(36-30(25)28)42-15-14-40-2/h4-13,16,18H,14-15,17H2,1-3H3. The lowest BCUT2D eigenvalue weighted by molar-refractivity contribution is 0.0991. The number of rotatable bonds is 11. The maximum absolute atomic E-state index is 15.2. The molecule has 0 saturated heterocycles. The van der Waals surface area contributed by atoms with Gasteiger partial charge >= 0.3 is 0 Å². The van der Waals surface area contributed by atoms with E-state index in [1.54, 1.807) is 38.3 Å². The Morgan fingerprint density at radius 3 is 2.42 bits per heavy atom. The Morgan fingerprint density at radius 2 is 1.70 bits per heavy atom. The smallest absolute Gasteiger partial charge is 0.266 e. The topological polar surface area (TPSA) is 102 Å². The zero-order valence-electron chi connectivity index (χ0n) is 23.6. The molecule has 0 N–H and O–H groups in total. The molecule has 0 fully saturated rings. The van der Waals surface area contributed by atoms with Crippen molar-refractivity contribution in [2.45, 2.75) is 13.3 Å². The van der Waals surface area contributed by atoms with Gasteiger partial charge in [-0.3, -0.25) is 19.1 Å². The molecule has 0 bridgehead atoms. The summed E-state index contributed by atoms with van der Waals surface area (Å²) in [5, 5.41) is 0. The molecule has 5 aromatic rings. The Bertz CT molecular complexity index is 1860. The van der Waals surface area contributed by atoms with Crippen molar-refractivity contribution in [1.82, 2.24) is 14.5 Å². The van der Waals surface area contributed by atoms with Crippen LogP contribution in [0.15, 0.2) is 77.7 Å². The maximum atomic E-state index is 15.2. The van der Waals surface area contributed by atoms with Crippen molar-refractivity contribution in [2.75, 3.05) is 27.4 Å². The monoisotopic (exact) mass is 587 g/mol. The zero-order valence-corrected chi connectivity index (χ0v) is 23.6. The van der Waals surface area contributed by atoms with Crippen LogP contribution in [0.3, 0.4) is 0 Å². The lowest BCUT2D eigenvalue weighted by Gasteiger charge is -2.13. The molecule has 220 valence electrons. The highest BCUT2D eigenvalue weighted by atomic mass is 19.1. The number of pyridine rings is 3. The molecule has 0 spiro atoms. The second-order valence-corrected chi connectivity index (χ2v) is 9.49. The van der Waals surface area contributed by atoms with Crippen molar-refractivity contribution in [2.24, 2.45) is 0 Å². The number of carbonyl (C=O) groups is 1. The second-order valence-electron chi connectivity index (χ2n) is 9.49. The SMILES string of the molecule is COCCOc1nc2c(Oc3ccc(CC(=O)c4ccc(C)n(-c5ccc(F)cc5)c4=O)cc3F)ccnc2cc1OC. The Hall–Kier alpha value is -5.16. The lowest BCUT2D eigenvalue weighted by Crippen LogP contribution is -2.27. The molecule has 0 aliphatic carbocycles. The molecule has 0 aliphatic heterocycles. The summed E-state index contributed by atoms with van der Waals surface area (Å²) in [7, 11) is 3.03. The van der Waals surface area contributed by atoms with E-state index in [0.717, 1.165) is 0 Å². The molecule has 0 atom stereocenters. The molecular weight excluding hydrogens is 560 g/mol. The minimum Gasteiger partial charge on any atom is -0.491 e. The minimum atomic E-state index is -0.715. The molecule has 9 nitrogen and oxygen atoms in total. The Kier molecular flexibility index (Phi) is 8.72. The van der Waals surface area contributed by atoms with E-state index in [-0.39, 0.29) is 36.0 Å². The number of aromatic nitrogens is 3. The van der Waals surface area contributed by atoms with E-state index >= 15 is 4.39 Å². The molecule has 3 heterocycles. The third-order valence-corrected chi connectivity index (χ3v) is 6.60.